The molecule has 0 spiro atoms. The van der Waals surface area contributed by atoms with Crippen molar-refractivity contribution < 1.29 is 17.9 Å². The van der Waals surface area contributed by atoms with Crippen LogP contribution in [0.4, 0.5) is 11.4 Å². The minimum Gasteiger partial charge on any atom is -0.495 e. The first-order chi connectivity index (χ1) is 12.4. The van der Waals surface area contributed by atoms with E-state index in [1.807, 2.05) is 0 Å². The van der Waals surface area contributed by atoms with Crippen molar-refractivity contribution in [2.45, 2.75) is 17.7 Å². The number of carbonyl (C=O) groups is 1. The molecule has 0 saturated carbocycles. The van der Waals surface area contributed by atoms with Crippen LogP contribution in [0.25, 0.3) is 0 Å². The van der Waals surface area contributed by atoms with Gasteiger partial charge in [-0.05, 0) is 55.3 Å². The Kier molecular flexibility index (Phi) is 5.15. The highest BCUT2D eigenvalue weighted by Crippen LogP contribution is 2.25. The van der Waals surface area contributed by atoms with Gasteiger partial charge in [0.15, 0.2) is 0 Å². The van der Waals surface area contributed by atoms with Crippen LogP contribution in [-0.2, 0) is 10.0 Å². The van der Waals surface area contributed by atoms with Gasteiger partial charge in [0.2, 0.25) is 10.0 Å². The Hall–Kier alpha value is -2.58. The lowest BCUT2D eigenvalue weighted by Crippen LogP contribution is -2.27. The Morgan fingerprint density at radius 1 is 1.12 bits per heavy atom. The normalized spacial score (nSPS) is 15.0. The molecule has 8 heteroatoms. The van der Waals surface area contributed by atoms with Gasteiger partial charge in [-0.2, -0.15) is 4.31 Å². The van der Waals surface area contributed by atoms with Crippen molar-refractivity contribution in [3.8, 4) is 5.75 Å². The third-order valence-corrected chi connectivity index (χ3v) is 6.22. The van der Waals surface area contributed by atoms with Crippen LogP contribution in [0.2, 0.25) is 0 Å². The van der Waals surface area contributed by atoms with Crippen LogP contribution in [-0.4, -0.2) is 38.8 Å². The van der Waals surface area contributed by atoms with Crippen molar-refractivity contribution in [2.24, 2.45) is 0 Å². The van der Waals surface area contributed by atoms with Gasteiger partial charge in [0.1, 0.15) is 5.75 Å². The van der Waals surface area contributed by atoms with Crippen LogP contribution in [0, 0.1) is 0 Å². The zero-order chi connectivity index (χ0) is 18.7. The molecular weight excluding hydrogens is 354 g/mol. The van der Waals surface area contributed by atoms with E-state index in [0.29, 0.717) is 35.8 Å². The molecule has 1 fully saturated rings. The van der Waals surface area contributed by atoms with E-state index in [9.17, 15) is 13.2 Å². The van der Waals surface area contributed by atoms with Gasteiger partial charge >= 0.3 is 0 Å². The van der Waals surface area contributed by atoms with E-state index < -0.39 is 10.0 Å². The Bertz CT molecular complexity index is 905. The molecule has 1 aliphatic rings. The third-order valence-electron chi connectivity index (χ3n) is 4.31. The molecule has 3 N–H and O–H groups in total. The lowest BCUT2D eigenvalue weighted by Gasteiger charge is -2.15. The molecule has 0 bridgehead atoms. The Morgan fingerprint density at radius 2 is 1.77 bits per heavy atom. The summed E-state index contributed by atoms with van der Waals surface area (Å²) in [5, 5.41) is 2.73. The summed E-state index contributed by atoms with van der Waals surface area (Å²) >= 11 is 0. The number of sulfonamides is 1. The van der Waals surface area contributed by atoms with Gasteiger partial charge in [-0.15, -0.1) is 0 Å². The Balaban J connectivity index is 1.74. The molecule has 1 saturated heterocycles. The first kappa shape index (κ1) is 18.2. The smallest absolute Gasteiger partial charge is 0.255 e. The number of hydrogen-bond donors (Lipinski definition) is 2. The molecule has 0 aliphatic carbocycles. The van der Waals surface area contributed by atoms with E-state index in [-0.39, 0.29) is 10.8 Å². The van der Waals surface area contributed by atoms with E-state index in [1.54, 1.807) is 18.2 Å². The topological polar surface area (TPSA) is 102 Å². The summed E-state index contributed by atoms with van der Waals surface area (Å²) < 4.78 is 31.6. The van der Waals surface area contributed by atoms with Gasteiger partial charge in [0.05, 0.1) is 17.7 Å². The average Bonchev–Trinajstić information content (AvgIpc) is 3.17. The fraction of sp³-hybridized carbons (Fsp3) is 0.278. The van der Waals surface area contributed by atoms with Crippen molar-refractivity contribution in [2.75, 3.05) is 31.2 Å². The van der Waals surface area contributed by atoms with Crippen LogP contribution in [0.3, 0.4) is 0 Å². The van der Waals surface area contributed by atoms with E-state index in [1.165, 1.54) is 35.7 Å². The number of anilines is 2. The van der Waals surface area contributed by atoms with Crippen molar-refractivity contribution >= 4 is 27.3 Å². The lowest BCUT2D eigenvalue weighted by molar-refractivity contribution is 0.102. The van der Waals surface area contributed by atoms with Gasteiger partial charge in [-0.25, -0.2) is 8.42 Å². The molecule has 1 aliphatic heterocycles. The van der Waals surface area contributed by atoms with Gasteiger partial charge < -0.3 is 15.8 Å². The number of nitrogens with zero attached hydrogens (tertiary/aromatic N) is 1. The molecule has 7 nitrogen and oxygen atoms in total. The SMILES string of the molecule is COc1ccc(NC(=O)c2ccc(S(=O)(=O)N3CCCC3)cc2)cc1N. The molecule has 1 amide bonds. The summed E-state index contributed by atoms with van der Waals surface area (Å²) in [5.41, 5.74) is 7.13. The fourth-order valence-corrected chi connectivity index (χ4v) is 4.39. The minimum absolute atomic E-state index is 0.199. The minimum atomic E-state index is -3.48. The summed E-state index contributed by atoms with van der Waals surface area (Å²) in [6, 6.07) is 10.9. The molecule has 138 valence electrons. The maximum atomic E-state index is 12.5. The maximum absolute atomic E-state index is 12.5. The van der Waals surface area contributed by atoms with Crippen molar-refractivity contribution in [1.29, 1.82) is 0 Å². The highest BCUT2D eigenvalue weighted by Gasteiger charge is 2.27. The molecule has 0 atom stereocenters. The second-order valence-electron chi connectivity index (χ2n) is 6.05. The molecule has 3 rings (SSSR count). The zero-order valence-corrected chi connectivity index (χ0v) is 15.3. The van der Waals surface area contributed by atoms with Crippen LogP contribution in [0.15, 0.2) is 47.4 Å². The molecular formula is C18H21N3O4S. The van der Waals surface area contributed by atoms with Gasteiger partial charge in [-0.1, -0.05) is 0 Å². The number of benzene rings is 2. The zero-order valence-electron chi connectivity index (χ0n) is 14.4. The maximum Gasteiger partial charge on any atom is 0.255 e. The lowest BCUT2D eigenvalue weighted by atomic mass is 10.2. The summed E-state index contributed by atoms with van der Waals surface area (Å²) in [5.74, 6) is 0.180. The molecule has 1 heterocycles. The van der Waals surface area contributed by atoms with Crippen LogP contribution in [0.5, 0.6) is 5.75 Å². The number of nitrogens with two attached hydrogens (primary N) is 1. The number of methoxy groups -OCH3 is 1. The molecule has 2 aromatic rings. The van der Waals surface area contributed by atoms with Crippen molar-refractivity contribution in [1.82, 2.24) is 4.31 Å². The summed E-state index contributed by atoms with van der Waals surface area (Å²) in [7, 11) is -1.97. The molecule has 0 unspecified atom stereocenters. The van der Waals surface area contributed by atoms with Crippen LogP contribution < -0.4 is 15.8 Å². The predicted molar refractivity (Wildman–Crippen MR) is 99.8 cm³/mol. The van der Waals surface area contributed by atoms with E-state index in [0.717, 1.165) is 12.8 Å². The molecule has 0 aromatic heterocycles. The number of amides is 1. The number of nitrogens with one attached hydrogen (secondary N) is 1. The largest absolute Gasteiger partial charge is 0.495 e. The highest BCUT2D eigenvalue weighted by molar-refractivity contribution is 7.89. The number of carbonyl (C=O) groups excluding carboxylic acids is 1. The van der Waals surface area contributed by atoms with Gasteiger partial charge in [-0.3, -0.25) is 4.79 Å². The van der Waals surface area contributed by atoms with Gasteiger partial charge in [0, 0.05) is 24.3 Å². The Morgan fingerprint density at radius 3 is 2.35 bits per heavy atom. The summed E-state index contributed by atoms with van der Waals surface area (Å²) in [4.78, 5) is 12.6. The summed E-state index contributed by atoms with van der Waals surface area (Å²) in [6.07, 6.45) is 1.76. The second-order valence-corrected chi connectivity index (χ2v) is 7.98. The van der Waals surface area contributed by atoms with E-state index in [2.05, 4.69) is 5.32 Å². The van der Waals surface area contributed by atoms with Crippen molar-refractivity contribution in [3.05, 3.63) is 48.0 Å². The number of ether oxygens (including phenoxy) is 1. The van der Waals surface area contributed by atoms with Gasteiger partial charge in [0.25, 0.3) is 5.91 Å². The third kappa shape index (κ3) is 3.66. The molecule has 2 aromatic carbocycles. The standard InChI is InChI=1S/C18H21N3O4S/c1-25-17-9-6-14(12-16(17)19)20-18(22)13-4-7-15(8-5-13)26(23,24)21-10-2-3-11-21/h4-9,12H,2-3,10-11,19H2,1H3,(H,20,22). The van der Waals surface area contributed by atoms with Crippen LogP contribution in [0.1, 0.15) is 23.2 Å². The molecule has 0 radical (unpaired) electrons. The van der Waals surface area contributed by atoms with E-state index >= 15 is 0 Å². The first-order valence-electron chi connectivity index (χ1n) is 8.27. The average molecular weight is 375 g/mol. The number of rotatable bonds is 5. The van der Waals surface area contributed by atoms with Crippen LogP contribution >= 0.6 is 0 Å². The fourth-order valence-electron chi connectivity index (χ4n) is 2.87. The Labute approximate surface area is 152 Å². The molecule has 26 heavy (non-hydrogen) atoms. The summed E-state index contributed by atoms with van der Waals surface area (Å²) in [6.45, 7) is 1.09. The number of hydrogen-bond acceptors (Lipinski definition) is 5. The monoisotopic (exact) mass is 375 g/mol. The number of nitrogen functional groups attached to an aromatic ring is 1. The highest BCUT2D eigenvalue weighted by atomic mass is 32.2. The van der Waals surface area contributed by atoms with E-state index in [4.69, 9.17) is 10.5 Å². The quantitative estimate of drug-likeness (QED) is 0.781. The predicted octanol–water partition coefficient (Wildman–Crippen LogP) is 2.31. The first-order valence-corrected chi connectivity index (χ1v) is 9.71. The second kappa shape index (κ2) is 7.35. The van der Waals surface area contributed by atoms with Crippen molar-refractivity contribution in [3.63, 3.8) is 0 Å².